The first-order valence-corrected chi connectivity index (χ1v) is 10.7. The van der Waals surface area contributed by atoms with E-state index in [-0.39, 0.29) is 23.3 Å². The van der Waals surface area contributed by atoms with Crippen LogP contribution in [0.2, 0.25) is 0 Å². The third kappa shape index (κ3) is 3.03. The predicted molar refractivity (Wildman–Crippen MR) is 116 cm³/mol. The van der Waals surface area contributed by atoms with Crippen molar-refractivity contribution in [2.24, 2.45) is 0 Å². The number of imidazole rings is 1. The van der Waals surface area contributed by atoms with Crippen LogP contribution in [0.1, 0.15) is 69.2 Å². The van der Waals surface area contributed by atoms with Crippen LogP contribution in [0.4, 0.5) is 8.78 Å². The van der Waals surface area contributed by atoms with Crippen LogP contribution in [0, 0.1) is 11.8 Å². The number of aliphatic hydroxyl groups is 1. The van der Waals surface area contributed by atoms with E-state index in [9.17, 15) is 18.7 Å². The molecule has 0 radical (unpaired) electrons. The lowest BCUT2D eigenvalue weighted by atomic mass is 9.81. The predicted octanol–water partition coefficient (Wildman–Crippen LogP) is 4.02. The molecule has 2 aliphatic heterocycles. The van der Waals surface area contributed by atoms with E-state index in [4.69, 9.17) is 8.85 Å². The number of amides is 1. The Morgan fingerprint density at radius 3 is 2.88 bits per heavy atom. The quantitative estimate of drug-likeness (QED) is 0.597. The minimum atomic E-state index is -3.12. The van der Waals surface area contributed by atoms with Gasteiger partial charge >= 0.3 is 6.61 Å². The number of fused-ring (bicyclic) bond motifs is 9. The van der Waals surface area contributed by atoms with Crippen molar-refractivity contribution in [3.8, 4) is 17.6 Å². The molecule has 0 spiro atoms. The van der Waals surface area contributed by atoms with E-state index in [1.165, 1.54) is 18.2 Å². The van der Waals surface area contributed by atoms with E-state index in [0.29, 0.717) is 35.3 Å². The minimum Gasteiger partial charge on any atom is -0.434 e. The number of hydrogen-bond acceptors (Lipinski definition) is 4. The summed E-state index contributed by atoms with van der Waals surface area (Å²) in [7, 11) is 0. The first-order valence-electron chi connectivity index (χ1n) is 12.2. The average Bonchev–Trinajstić information content (AvgIpc) is 3.28. The highest BCUT2D eigenvalue weighted by Gasteiger charge is 2.45. The molecule has 0 saturated heterocycles. The lowest BCUT2D eigenvalue weighted by Gasteiger charge is -2.30. The van der Waals surface area contributed by atoms with E-state index in [1.54, 1.807) is 22.8 Å². The fourth-order valence-corrected chi connectivity index (χ4v) is 5.01. The number of hydrogen-bond donors (Lipinski definition) is 1. The van der Waals surface area contributed by atoms with Gasteiger partial charge in [-0.1, -0.05) is 17.9 Å². The number of alkyl halides is 2. The highest BCUT2D eigenvalue weighted by Crippen LogP contribution is 2.50. The van der Waals surface area contributed by atoms with Gasteiger partial charge in [0.2, 0.25) is 0 Å². The van der Waals surface area contributed by atoms with Crippen molar-refractivity contribution in [3.05, 3.63) is 58.9 Å². The van der Waals surface area contributed by atoms with Crippen LogP contribution in [0.25, 0.3) is 11.0 Å². The van der Waals surface area contributed by atoms with Crippen LogP contribution in [0.15, 0.2) is 36.4 Å². The van der Waals surface area contributed by atoms with Gasteiger partial charge in [-0.15, -0.1) is 0 Å². The van der Waals surface area contributed by atoms with Crippen molar-refractivity contribution in [1.29, 1.82) is 0 Å². The standard InChI is InChI=1S/C25H21F2N3O3/c1-29-19-13-18(21-15(23(29)31)4-2-5-20(21)33-24(26)27)30-17-12-14(6-7-16(17)28-22(19)30)8-11-25(32)9-3-10-25/h2,4-7,12,18-19,24,32H,3,9-10,13H2,1H3/t18-,19-/m1/s1/i1D3. The van der Waals surface area contributed by atoms with Gasteiger partial charge in [0.1, 0.15) is 17.2 Å². The third-order valence-corrected chi connectivity index (χ3v) is 6.77. The Morgan fingerprint density at radius 1 is 1.30 bits per heavy atom. The van der Waals surface area contributed by atoms with Gasteiger partial charge in [-0.05, 0) is 49.6 Å². The SMILES string of the molecule is [2H]C([2H])([2H])N1C(=O)c2cccc(OC(F)F)c2[C@H]2C[C@@H]1c1nc3ccc(C#CC4(O)CCC4)cc3n12. The third-order valence-electron chi connectivity index (χ3n) is 6.77. The first kappa shape index (κ1) is 17.1. The summed E-state index contributed by atoms with van der Waals surface area (Å²) in [6.07, 6.45) is 2.31. The summed E-state index contributed by atoms with van der Waals surface area (Å²) in [4.78, 5) is 18.9. The van der Waals surface area contributed by atoms with Crippen LogP contribution in [-0.4, -0.2) is 44.7 Å². The lowest BCUT2D eigenvalue weighted by molar-refractivity contribution is -0.0507. The Morgan fingerprint density at radius 2 is 2.15 bits per heavy atom. The number of benzene rings is 2. The van der Waals surface area contributed by atoms with E-state index in [1.807, 2.05) is 0 Å². The molecule has 3 aliphatic rings. The molecule has 2 atom stereocenters. The van der Waals surface area contributed by atoms with Gasteiger partial charge in [0.25, 0.3) is 5.91 Å². The van der Waals surface area contributed by atoms with Crippen molar-refractivity contribution in [1.82, 2.24) is 14.5 Å². The Bertz CT molecular complexity index is 1470. The average molecular weight is 452 g/mol. The van der Waals surface area contributed by atoms with Crippen molar-refractivity contribution < 1.29 is 27.5 Å². The zero-order valence-corrected chi connectivity index (χ0v) is 17.4. The normalized spacial score (nSPS) is 24.1. The minimum absolute atomic E-state index is 0.00688. The molecule has 1 aliphatic carbocycles. The second-order valence-electron chi connectivity index (χ2n) is 8.72. The zero-order chi connectivity index (χ0) is 25.4. The number of carbonyl (C=O) groups excluding carboxylic acids is 1. The lowest BCUT2D eigenvalue weighted by Crippen LogP contribution is -2.34. The van der Waals surface area contributed by atoms with Gasteiger partial charge in [0.05, 0.1) is 23.1 Å². The summed E-state index contributed by atoms with van der Waals surface area (Å²) in [6.45, 7) is -5.90. The van der Waals surface area contributed by atoms with Gasteiger partial charge in [0, 0.05) is 34.2 Å². The molecule has 8 heteroatoms. The fraction of sp³-hybridized carbons (Fsp3) is 0.360. The van der Waals surface area contributed by atoms with Gasteiger partial charge in [-0.2, -0.15) is 8.78 Å². The van der Waals surface area contributed by atoms with Crippen LogP contribution >= 0.6 is 0 Å². The fourth-order valence-electron chi connectivity index (χ4n) is 5.01. The van der Waals surface area contributed by atoms with Crippen molar-refractivity contribution in [3.63, 3.8) is 0 Å². The molecule has 1 saturated carbocycles. The molecule has 168 valence electrons. The van der Waals surface area contributed by atoms with Gasteiger partial charge < -0.3 is 19.3 Å². The number of aromatic nitrogens is 2. The molecule has 6 rings (SSSR count). The zero-order valence-electron chi connectivity index (χ0n) is 20.4. The molecule has 3 heterocycles. The van der Waals surface area contributed by atoms with Gasteiger partial charge in [-0.25, -0.2) is 4.98 Å². The summed E-state index contributed by atoms with van der Waals surface area (Å²) in [6, 6.07) is 7.93. The molecule has 1 amide bonds. The van der Waals surface area contributed by atoms with Gasteiger partial charge in [-0.3, -0.25) is 4.79 Å². The van der Waals surface area contributed by atoms with Crippen LogP contribution in [0.5, 0.6) is 5.75 Å². The summed E-state index contributed by atoms with van der Waals surface area (Å²) < 4.78 is 57.4. The largest absolute Gasteiger partial charge is 0.434 e. The number of ether oxygens (including phenoxy) is 1. The monoisotopic (exact) mass is 452 g/mol. The number of rotatable bonds is 2. The maximum absolute atomic E-state index is 13.4. The highest BCUT2D eigenvalue weighted by atomic mass is 19.3. The van der Waals surface area contributed by atoms with Crippen LogP contribution < -0.4 is 4.74 Å². The molecule has 0 unspecified atom stereocenters. The topological polar surface area (TPSA) is 67.6 Å². The molecule has 6 nitrogen and oxygen atoms in total. The Kier molecular flexibility index (Phi) is 3.64. The Hall–Kier alpha value is -3.44. The number of halogens is 2. The van der Waals surface area contributed by atoms with Crippen molar-refractivity contribution in [2.75, 3.05) is 6.98 Å². The van der Waals surface area contributed by atoms with E-state index in [0.717, 1.165) is 11.3 Å². The molecular weight excluding hydrogens is 428 g/mol. The van der Waals surface area contributed by atoms with Crippen molar-refractivity contribution >= 4 is 16.9 Å². The second kappa shape index (κ2) is 7.03. The maximum atomic E-state index is 13.4. The van der Waals surface area contributed by atoms with Crippen LogP contribution in [0.3, 0.4) is 0 Å². The van der Waals surface area contributed by atoms with Gasteiger partial charge in [0.15, 0.2) is 0 Å². The van der Waals surface area contributed by atoms with E-state index < -0.39 is 37.2 Å². The van der Waals surface area contributed by atoms with Crippen molar-refractivity contribution in [2.45, 2.75) is 50.0 Å². The maximum Gasteiger partial charge on any atom is 0.387 e. The highest BCUT2D eigenvalue weighted by molar-refractivity contribution is 5.97. The smallest absolute Gasteiger partial charge is 0.387 e. The van der Waals surface area contributed by atoms with E-state index >= 15 is 0 Å². The number of carbonyl (C=O) groups is 1. The molecular formula is C25H21F2N3O3. The molecule has 1 N–H and O–H groups in total. The molecule has 1 fully saturated rings. The summed E-state index contributed by atoms with van der Waals surface area (Å²) >= 11 is 0. The summed E-state index contributed by atoms with van der Waals surface area (Å²) in [5.74, 6) is 5.33. The number of nitrogens with zero attached hydrogens (tertiary/aromatic N) is 3. The van der Waals surface area contributed by atoms with E-state index in [2.05, 4.69) is 16.8 Å². The Balaban J connectivity index is 1.57. The second-order valence-corrected chi connectivity index (χ2v) is 8.72. The first-order chi connectivity index (χ1) is 17.1. The summed E-state index contributed by atoms with van der Waals surface area (Å²) in [5, 5.41) is 10.3. The molecule has 1 aromatic heterocycles. The molecule has 2 bridgehead atoms. The molecule has 2 aromatic carbocycles. The summed E-state index contributed by atoms with van der Waals surface area (Å²) in [5.41, 5.74) is 1.05. The molecule has 3 aromatic rings. The van der Waals surface area contributed by atoms with Crippen LogP contribution in [-0.2, 0) is 0 Å². The Labute approximate surface area is 193 Å². The molecule has 33 heavy (non-hydrogen) atoms.